The number of carbonyl (C=O) groups is 1. The highest BCUT2D eigenvalue weighted by atomic mass is 16.7. The second kappa shape index (κ2) is 5.38. The van der Waals surface area contributed by atoms with Gasteiger partial charge in [0.25, 0.3) is 5.91 Å². The molecule has 1 aromatic heterocycles. The minimum Gasteiger partial charge on any atom is -0.493 e. The first-order chi connectivity index (χ1) is 12.6. The van der Waals surface area contributed by atoms with Crippen LogP contribution in [0.15, 0.2) is 24.4 Å². The Morgan fingerprint density at radius 3 is 2.69 bits per heavy atom. The maximum atomic E-state index is 11.2. The van der Waals surface area contributed by atoms with Gasteiger partial charge < -0.3 is 30.1 Å². The molecule has 3 aliphatic rings. The first-order valence-corrected chi connectivity index (χ1v) is 8.39. The molecule has 134 valence electrons. The smallest absolute Gasteiger partial charge is 0.255 e. The van der Waals surface area contributed by atoms with Crippen molar-refractivity contribution in [3.05, 3.63) is 30.0 Å². The van der Waals surface area contributed by atoms with Gasteiger partial charge in [0.15, 0.2) is 11.5 Å². The van der Waals surface area contributed by atoms with Crippen molar-refractivity contribution in [1.82, 2.24) is 9.97 Å². The number of rotatable bonds is 3. The van der Waals surface area contributed by atoms with Crippen molar-refractivity contribution in [2.45, 2.75) is 18.5 Å². The molecule has 1 aromatic carbocycles. The van der Waals surface area contributed by atoms with Crippen molar-refractivity contribution in [1.29, 1.82) is 0 Å². The molecule has 2 aromatic rings. The van der Waals surface area contributed by atoms with E-state index in [4.69, 9.17) is 15.2 Å². The summed E-state index contributed by atoms with van der Waals surface area (Å²) in [6.07, 6.45) is 2.26. The molecule has 0 unspecified atom stereocenters. The average molecular weight is 355 g/mol. The van der Waals surface area contributed by atoms with Crippen molar-refractivity contribution in [3.63, 3.8) is 0 Å². The molecule has 3 aliphatic heterocycles. The zero-order valence-electron chi connectivity index (χ0n) is 13.8. The second-order valence-corrected chi connectivity index (χ2v) is 6.66. The molecule has 2 saturated heterocycles. The Morgan fingerprint density at radius 1 is 1.19 bits per heavy atom. The highest BCUT2D eigenvalue weighted by Crippen LogP contribution is 2.41. The zero-order chi connectivity index (χ0) is 17.8. The summed E-state index contributed by atoms with van der Waals surface area (Å²) in [5, 5.41) is 9.90. The number of hydrogen-bond donors (Lipinski definition) is 2. The lowest BCUT2D eigenvalue weighted by Crippen LogP contribution is -2.47. The largest absolute Gasteiger partial charge is 0.493 e. The predicted molar refractivity (Wildman–Crippen MR) is 91.7 cm³/mol. The molecule has 0 radical (unpaired) electrons. The summed E-state index contributed by atoms with van der Waals surface area (Å²) in [5.41, 5.74) is 6.22. The van der Waals surface area contributed by atoms with E-state index in [-0.39, 0.29) is 24.3 Å². The third-order valence-corrected chi connectivity index (χ3v) is 5.21. The summed E-state index contributed by atoms with van der Waals surface area (Å²) in [7, 11) is 0. The highest BCUT2D eigenvalue weighted by molar-refractivity contribution is 5.94. The minimum absolute atomic E-state index is 0.0694. The maximum Gasteiger partial charge on any atom is 0.255 e. The molecular weight excluding hydrogens is 338 g/mol. The summed E-state index contributed by atoms with van der Waals surface area (Å²) >= 11 is 0. The average Bonchev–Trinajstić information content (AvgIpc) is 3.35. The van der Waals surface area contributed by atoms with Crippen LogP contribution in [0.4, 0.5) is 11.6 Å². The lowest BCUT2D eigenvalue weighted by molar-refractivity contribution is 0.0996. The first-order valence-electron chi connectivity index (χ1n) is 8.39. The van der Waals surface area contributed by atoms with Gasteiger partial charge in [-0.25, -0.2) is 4.98 Å². The monoisotopic (exact) mass is 355 g/mol. The van der Waals surface area contributed by atoms with Crippen LogP contribution in [0.3, 0.4) is 0 Å². The van der Waals surface area contributed by atoms with Gasteiger partial charge in [-0.3, -0.25) is 4.79 Å². The lowest BCUT2D eigenvalue weighted by Gasteiger charge is -2.35. The van der Waals surface area contributed by atoms with Crippen LogP contribution < -0.4 is 25.0 Å². The summed E-state index contributed by atoms with van der Waals surface area (Å²) in [6.45, 7) is 1.83. The molecule has 4 heterocycles. The Bertz CT molecular complexity index is 905. The molecule has 0 saturated carbocycles. The number of fused-ring (bicyclic) bond motifs is 3. The number of ether oxygens (including phenoxy) is 2. The number of nitrogens with zero attached hydrogens (tertiary/aromatic N) is 4. The van der Waals surface area contributed by atoms with Crippen LogP contribution in [-0.2, 0) is 0 Å². The van der Waals surface area contributed by atoms with Crippen molar-refractivity contribution in [3.8, 4) is 17.4 Å². The van der Waals surface area contributed by atoms with Gasteiger partial charge >= 0.3 is 0 Å². The van der Waals surface area contributed by atoms with Crippen molar-refractivity contribution < 1.29 is 19.4 Å². The SMILES string of the molecule is NC(=O)c1cnc(N2C[C@@H]3C[C@H]2CN3c2ccc3c(c2)OCO3)nc1O. The number of nitrogens with two attached hydrogens (primary N) is 1. The molecule has 2 fully saturated rings. The molecule has 9 heteroatoms. The molecule has 1 amide bonds. The Hall–Kier alpha value is -3.23. The number of anilines is 2. The Morgan fingerprint density at radius 2 is 1.96 bits per heavy atom. The lowest BCUT2D eigenvalue weighted by atomic mass is 10.2. The quantitative estimate of drug-likeness (QED) is 0.817. The van der Waals surface area contributed by atoms with E-state index in [1.165, 1.54) is 6.20 Å². The van der Waals surface area contributed by atoms with Gasteiger partial charge in [-0.15, -0.1) is 0 Å². The van der Waals surface area contributed by atoms with Crippen LogP contribution in [0.25, 0.3) is 0 Å². The van der Waals surface area contributed by atoms with Crippen LogP contribution in [0.1, 0.15) is 16.8 Å². The third kappa shape index (κ3) is 2.20. The van der Waals surface area contributed by atoms with E-state index in [1.807, 2.05) is 18.2 Å². The van der Waals surface area contributed by atoms with Crippen molar-refractivity contribution in [2.75, 3.05) is 29.7 Å². The van der Waals surface area contributed by atoms with Gasteiger partial charge in [-0.05, 0) is 18.6 Å². The molecule has 2 atom stereocenters. The summed E-state index contributed by atoms with van der Waals surface area (Å²) < 4.78 is 10.8. The second-order valence-electron chi connectivity index (χ2n) is 6.66. The van der Waals surface area contributed by atoms with Gasteiger partial charge in [0.05, 0.1) is 6.04 Å². The fourth-order valence-electron chi connectivity index (χ4n) is 3.97. The van der Waals surface area contributed by atoms with Crippen molar-refractivity contribution >= 4 is 17.5 Å². The number of primary amides is 1. The minimum atomic E-state index is -0.744. The fourth-order valence-corrected chi connectivity index (χ4v) is 3.97. The predicted octanol–water partition coefficient (Wildman–Crippen LogP) is 0.477. The molecule has 3 N–H and O–H groups in total. The summed E-state index contributed by atoms with van der Waals surface area (Å²) in [4.78, 5) is 23.9. The van der Waals surface area contributed by atoms with E-state index in [0.717, 1.165) is 36.7 Å². The van der Waals surface area contributed by atoms with Crippen LogP contribution in [0.5, 0.6) is 17.4 Å². The number of piperazine rings is 1. The Kier molecular flexibility index (Phi) is 3.12. The van der Waals surface area contributed by atoms with Crippen LogP contribution in [0, 0.1) is 0 Å². The first kappa shape index (κ1) is 15.1. The Labute approximate surface area is 149 Å². The number of aromatic nitrogens is 2. The number of benzene rings is 1. The van der Waals surface area contributed by atoms with E-state index in [1.54, 1.807) is 0 Å². The topological polar surface area (TPSA) is 114 Å². The third-order valence-electron chi connectivity index (χ3n) is 5.21. The van der Waals surface area contributed by atoms with Gasteiger partial charge in [0.2, 0.25) is 18.6 Å². The van der Waals surface area contributed by atoms with Gasteiger partial charge in [-0.2, -0.15) is 4.98 Å². The summed E-state index contributed by atoms with van der Waals surface area (Å²) in [6, 6.07) is 6.55. The molecular formula is C17H17N5O4. The van der Waals surface area contributed by atoms with E-state index in [2.05, 4.69) is 19.8 Å². The van der Waals surface area contributed by atoms with Crippen LogP contribution in [0.2, 0.25) is 0 Å². The molecule has 2 bridgehead atoms. The van der Waals surface area contributed by atoms with Gasteiger partial charge in [-0.1, -0.05) is 0 Å². The van der Waals surface area contributed by atoms with E-state index >= 15 is 0 Å². The molecule has 5 rings (SSSR count). The van der Waals surface area contributed by atoms with Crippen LogP contribution >= 0.6 is 0 Å². The number of amides is 1. The standard InChI is InChI=1S/C17H17N5O4/c18-15(23)12-5-19-17(20-16(12)24)22-7-10-3-11(22)6-21(10)9-1-2-13-14(4-9)26-8-25-13/h1-2,4-5,10-11H,3,6-8H2,(H2,18,23)(H,19,20,24)/t10-,11-/m0/s1. The van der Waals surface area contributed by atoms with Crippen molar-refractivity contribution in [2.24, 2.45) is 5.73 Å². The molecule has 0 aliphatic carbocycles. The Balaban J connectivity index is 1.36. The molecule has 9 nitrogen and oxygen atoms in total. The normalized spacial score (nSPS) is 22.9. The van der Waals surface area contributed by atoms with E-state index < -0.39 is 5.91 Å². The summed E-state index contributed by atoms with van der Waals surface area (Å²) in [5.74, 6) is 0.852. The number of carbonyl (C=O) groups excluding carboxylic acids is 1. The molecule has 0 spiro atoms. The van der Waals surface area contributed by atoms with Gasteiger partial charge in [0, 0.05) is 37.1 Å². The van der Waals surface area contributed by atoms with E-state index in [0.29, 0.717) is 12.0 Å². The van der Waals surface area contributed by atoms with Gasteiger partial charge in [0.1, 0.15) is 5.56 Å². The van der Waals surface area contributed by atoms with Crippen LogP contribution in [-0.4, -0.2) is 52.9 Å². The highest BCUT2D eigenvalue weighted by Gasteiger charge is 2.44. The zero-order valence-corrected chi connectivity index (χ0v) is 13.8. The fraction of sp³-hybridized carbons (Fsp3) is 0.353. The molecule has 26 heavy (non-hydrogen) atoms. The number of hydrogen-bond acceptors (Lipinski definition) is 8. The number of aromatic hydroxyl groups is 1. The van der Waals surface area contributed by atoms with E-state index in [9.17, 15) is 9.90 Å². The maximum absolute atomic E-state index is 11.2.